The number of rotatable bonds is 5. The molecule has 0 spiro atoms. The molecule has 0 radical (unpaired) electrons. The first-order chi connectivity index (χ1) is 12.9. The number of anilines is 3. The quantitative estimate of drug-likeness (QED) is 0.726. The normalized spacial score (nSPS) is 10.5. The lowest BCUT2D eigenvalue weighted by Gasteiger charge is -2.14. The van der Waals surface area contributed by atoms with Gasteiger partial charge in [-0.25, -0.2) is 9.37 Å². The Kier molecular flexibility index (Phi) is 5.30. The third-order valence-corrected chi connectivity index (χ3v) is 3.87. The van der Waals surface area contributed by atoms with Crippen molar-refractivity contribution in [2.24, 2.45) is 0 Å². The summed E-state index contributed by atoms with van der Waals surface area (Å²) in [5.74, 6) is -0.507. The van der Waals surface area contributed by atoms with Crippen LogP contribution in [0.25, 0.3) is 0 Å². The van der Waals surface area contributed by atoms with Crippen molar-refractivity contribution in [2.75, 3.05) is 10.6 Å². The fraction of sp³-hybridized carbons (Fsp3) is 0.150. The second kappa shape index (κ2) is 7.82. The van der Waals surface area contributed by atoms with Crippen molar-refractivity contribution in [1.29, 1.82) is 0 Å². The van der Waals surface area contributed by atoms with E-state index in [1.165, 1.54) is 34.9 Å². The molecule has 0 aliphatic rings. The van der Waals surface area contributed by atoms with Gasteiger partial charge < -0.3 is 10.6 Å². The largest absolute Gasteiger partial charge is 0.326 e. The number of amides is 1. The summed E-state index contributed by atoms with van der Waals surface area (Å²) in [6.45, 7) is 3.44. The molecule has 0 saturated heterocycles. The molecule has 1 aromatic heterocycles. The van der Waals surface area contributed by atoms with Crippen LogP contribution in [0.4, 0.5) is 21.7 Å². The number of benzene rings is 2. The van der Waals surface area contributed by atoms with E-state index in [0.717, 1.165) is 5.56 Å². The minimum absolute atomic E-state index is 0.205. The molecular weight excluding hydrogens is 347 g/mol. The molecule has 0 bridgehead atoms. The van der Waals surface area contributed by atoms with Crippen LogP contribution in [0.2, 0.25) is 0 Å². The molecule has 0 atom stereocenters. The first kappa shape index (κ1) is 18.3. The number of aromatic nitrogens is 2. The van der Waals surface area contributed by atoms with Gasteiger partial charge in [-0.2, -0.15) is 0 Å². The minimum Gasteiger partial charge on any atom is -0.326 e. The minimum atomic E-state index is -0.368. The number of halogens is 1. The van der Waals surface area contributed by atoms with Crippen molar-refractivity contribution < 1.29 is 9.18 Å². The molecular formula is C20H19FN4O2. The molecule has 138 valence electrons. The third kappa shape index (κ3) is 4.78. The molecule has 27 heavy (non-hydrogen) atoms. The topological polar surface area (TPSA) is 76.0 Å². The summed E-state index contributed by atoms with van der Waals surface area (Å²) in [6.07, 6.45) is 0. The number of carbonyl (C=O) groups is 1. The molecule has 0 aliphatic heterocycles. The van der Waals surface area contributed by atoms with Crippen LogP contribution in [-0.4, -0.2) is 15.5 Å². The zero-order chi connectivity index (χ0) is 19.4. The van der Waals surface area contributed by atoms with Crippen LogP contribution in [-0.2, 0) is 11.3 Å². The smallest absolute Gasteiger partial charge is 0.255 e. The van der Waals surface area contributed by atoms with Crippen LogP contribution in [0.5, 0.6) is 0 Å². The van der Waals surface area contributed by atoms with Gasteiger partial charge in [0.25, 0.3) is 5.56 Å². The van der Waals surface area contributed by atoms with Crippen molar-refractivity contribution in [3.63, 3.8) is 0 Å². The van der Waals surface area contributed by atoms with E-state index in [1.54, 1.807) is 19.1 Å². The summed E-state index contributed by atoms with van der Waals surface area (Å²) < 4.78 is 14.3. The van der Waals surface area contributed by atoms with Gasteiger partial charge >= 0.3 is 0 Å². The molecule has 0 saturated carbocycles. The fourth-order valence-electron chi connectivity index (χ4n) is 2.51. The number of nitrogens with zero attached hydrogens (tertiary/aromatic N) is 2. The van der Waals surface area contributed by atoms with Crippen LogP contribution < -0.4 is 16.2 Å². The second-order valence-electron chi connectivity index (χ2n) is 6.19. The summed E-state index contributed by atoms with van der Waals surface area (Å²) in [5, 5.41) is 5.72. The predicted molar refractivity (Wildman–Crippen MR) is 103 cm³/mol. The lowest BCUT2D eigenvalue weighted by molar-refractivity contribution is -0.116. The lowest BCUT2D eigenvalue weighted by Crippen LogP contribution is -2.30. The predicted octanol–water partition coefficient (Wildman–Crippen LogP) is 3.38. The number of hydrogen-bond acceptors (Lipinski definition) is 4. The number of aryl methyl sites for hydroxylation is 2. The Balaban J connectivity index is 1.83. The van der Waals surface area contributed by atoms with Crippen LogP contribution in [0.1, 0.15) is 11.3 Å². The standard InChI is InChI=1S/C20H19FN4O2/c1-13-3-7-16(8-4-13)23-18(26)12-25-19(27)11-14(2)22-20(25)24-17-9-5-15(21)6-10-17/h3-11H,12H2,1-2H3,(H,22,24)(H,23,26). The Labute approximate surface area is 155 Å². The molecule has 6 nitrogen and oxygen atoms in total. The summed E-state index contributed by atoms with van der Waals surface area (Å²) in [6, 6.07) is 14.4. The molecule has 1 amide bonds. The lowest BCUT2D eigenvalue weighted by atomic mass is 10.2. The highest BCUT2D eigenvalue weighted by molar-refractivity contribution is 5.90. The van der Waals surface area contributed by atoms with E-state index in [9.17, 15) is 14.0 Å². The van der Waals surface area contributed by atoms with Gasteiger partial charge in [-0.05, 0) is 50.2 Å². The van der Waals surface area contributed by atoms with E-state index in [4.69, 9.17) is 0 Å². The summed E-state index contributed by atoms with van der Waals surface area (Å²) in [7, 11) is 0. The molecule has 7 heteroatoms. The van der Waals surface area contributed by atoms with E-state index < -0.39 is 0 Å². The Morgan fingerprint density at radius 1 is 1.04 bits per heavy atom. The van der Waals surface area contributed by atoms with Gasteiger partial charge in [-0.3, -0.25) is 14.2 Å². The maximum atomic E-state index is 13.1. The maximum Gasteiger partial charge on any atom is 0.255 e. The fourth-order valence-corrected chi connectivity index (χ4v) is 2.51. The van der Waals surface area contributed by atoms with Crippen LogP contribution >= 0.6 is 0 Å². The van der Waals surface area contributed by atoms with Gasteiger partial charge in [0.2, 0.25) is 11.9 Å². The average Bonchev–Trinajstić information content (AvgIpc) is 2.62. The zero-order valence-electron chi connectivity index (χ0n) is 15.0. The van der Waals surface area contributed by atoms with E-state index in [1.807, 2.05) is 19.1 Å². The first-order valence-corrected chi connectivity index (χ1v) is 8.38. The van der Waals surface area contributed by atoms with Gasteiger partial charge in [-0.15, -0.1) is 0 Å². The molecule has 2 aromatic carbocycles. The first-order valence-electron chi connectivity index (χ1n) is 8.38. The maximum absolute atomic E-state index is 13.1. The van der Waals surface area contributed by atoms with Crippen molar-refractivity contribution in [3.8, 4) is 0 Å². The Bertz CT molecular complexity index is 1010. The Morgan fingerprint density at radius 2 is 1.67 bits per heavy atom. The van der Waals surface area contributed by atoms with Crippen molar-refractivity contribution in [1.82, 2.24) is 9.55 Å². The van der Waals surface area contributed by atoms with Crippen LogP contribution in [0, 0.1) is 19.7 Å². The molecule has 0 aliphatic carbocycles. The molecule has 0 fully saturated rings. The highest BCUT2D eigenvalue weighted by atomic mass is 19.1. The van der Waals surface area contributed by atoms with Crippen LogP contribution in [0.3, 0.4) is 0 Å². The van der Waals surface area contributed by atoms with E-state index in [2.05, 4.69) is 15.6 Å². The van der Waals surface area contributed by atoms with E-state index in [0.29, 0.717) is 17.1 Å². The summed E-state index contributed by atoms with van der Waals surface area (Å²) >= 11 is 0. The highest BCUT2D eigenvalue weighted by Crippen LogP contribution is 2.15. The number of carbonyl (C=O) groups excluding carboxylic acids is 1. The van der Waals surface area contributed by atoms with Gasteiger partial charge in [0.05, 0.1) is 0 Å². The van der Waals surface area contributed by atoms with Crippen LogP contribution in [0.15, 0.2) is 59.4 Å². The third-order valence-electron chi connectivity index (χ3n) is 3.87. The van der Waals surface area contributed by atoms with Gasteiger partial charge in [-0.1, -0.05) is 17.7 Å². The number of nitrogens with one attached hydrogen (secondary N) is 2. The van der Waals surface area contributed by atoms with E-state index >= 15 is 0 Å². The molecule has 1 heterocycles. The SMILES string of the molecule is Cc1ccc(NC(=O)Cn2c(Nc3ccc(F)cc3)nc(C)cc2=O)cc1. The van der Waals surface area contributed by atoms with Crippen molar-refractivity contribution >= 4 is 23.2 Å². The zero-order valence-corrected chi connectivity index (χ0v) is 15.0. The monoisotopic (exact) mass is 366 g/mol. The molecule has 2 N–H and O–H groups in total. The summed E-state index contributed by atoms with van der Waals surface area (Å²) in [4.78, 5) is 29.1. The molecule has 3 rings (SSSR count). The van der Waals surface area contributed by atoms with Crippen molar-refractivity contribution in [2.45, 2.75) is 20.4 Å². The van der Waals surface area contributed by atoms with Gasteiger partial charge in [0.15, 0.2) is 0 Å². The Hall–Kier alpha value is -3.48. The second-order valence-corrected chi connectivity index (χ2v) is 6.19. The summed E-state index contributed by atoms with van der Waals surface area (Å²) in [5.41, 5.74) is 2.44. The molecule has 0 unspecified atom stereocenters. The average molecular weight is 366 g/mol. The van der Waals surface area contributed by atoms with Gasteiger partial charge in [0.1, 0.15) is 12.4 Å². The van der Waals surface area contributed by atoms with Crippen molar-refractivity contribution in [3.05, 3.63) is 82.0 Å². The van der Waals surface area contributed by atoms with E-state index in [-0.39, 0.29) is 29.8 Å². The highest BCUT2D eigenvalue weighted by Gasteiger charge is 2.12. The number of hydrogen-bond donors (Lipinski definition) is 2. The molecule has 3 aromatic rings. The van der Waals surface area contributed by atoms with Gasteiger partial charge in [0, 0.05) is 23.1 Å². The Morgan fingerprint density at radius 3 is 2.33 bits per heavy atom.